The number of carbonyl (C=O) groups is 2. The van der Waals surface area contributed by atoms with Crippen molar-refractivity contribution in [2.75, 3.05) is 19.4 Å². The Morgan fingerprint density at radius 1 is 1.30 bits per heavy atom. The van der Waals surface area contributed by atoms with Crippen molar-refractivity contribution in [2.24, 2.45) is 5.41 Å². The molecule has 0 atom stereocenters. The first-order chi connectivity index (χ1) is 9.35. The Morgan fingerprint density at radius 3 is 2.40 bits per heavy atom. The molecule has 0 bridgehead atoms. The van der Waals surface area contributed by atoms with Crippen molar-refractivity contribution in [3.05, 3.63) is 24.3 Å². The minimum Gasteiger partial charge on any atom is -0.497 e. The fourth-order valence-corrected chi connectivity index (χ4v) is 2.00. The lowest BCUT2D eigenvalue weighted by atomic mass is 9.94. The smallest absolute Gasteiger partial charge is 0.310 e. The van der Waals surface area contributed by atoms with Gasteiger partial charge in [0, 0.05) is 11.4 Å². The Labute approximate surface area is 122 Å². The first kappa shape index (κ1) is 16.4. The van der Waals surface area contributed by atoms with E-state index in [4.69, 9.17) is 9.84 Å². The van der Waals surface area contributed by atoms with Crippen molar-refractivity contribution in [1.82, 2.24) is 5.32 Å². The molecule has 20 heavy (non-hydrogen) atoms. The lowest BCUT2D eigenvalue weighted by Crippen LogP contribution is -2.39. The Balaban J connectivity index is 2.38. The van der Waals surface area contributed by atoms with Gasteiger partial charge in [0.15, 0.2) is 0 Å². The molecule has 5 nitrogen and oxygen atoms in total. The van der Waals surface area contributed by atoms with Crippen molar-refractivity contribution >= 4 is 23.6 Å². The highest BCUT2D eigenvalue weighted by Gasteiger charge is 2.27. The van der Waals surface area contributed by atoms with Gasteiger partial charge in [-0.3, -0.25) is 9.59 Å². The van der Waals surface area contributed by atoms with E-state index < -0.39 is 11.4 Å². The second kappa shape index (κ2) is 7.19. The molecule has 2 N–H and O–H groups in total. The Morgan fingerprint density at radius 2 is 1.90 bits per heavy atom. The molecule has 0 heterocycles. The molecule has 0 saturated heterocycles. The third-order valence-corrected chi connectivity index (χ3v) is 3.75. The normalized spacial score (nSPS) is 10.9. The van der Waals surface area contributed by atoms with Gasteiger partial charge in [0.25, 0.3) is 0 Å². The van der Waals surface area contributed by atoms with E-state index in [0.717, 1.165) is 10.6 Å². The van der Waals surface area contributed by atoms with Crippen molar-refractivity contribution in [3.63, 3.8) is 0 Å². The van der Waals surface area contributed by atoms with Crippen LogP contribution in [0.25, 0.3) is 0 Å². The highest BCUT2D eigenvalue weighted by molar-refractivity contribution is 8.00. The summed E-state index contributed by atoms with van der Waals surface area (Å²) in [5.74, 6) is -0.0927. The van der Waals surface area contributed by atoms with Gasteiger partial charge in [-0.15, -0.1) is 11.8 Å². The number of carbonyl (C=O) groups excluding carboxylic acids is 1. The van der Waals surface area contributed by atoms with Crippen LogP contribution >= 0.6 is 11.8 Å². The molecular weight excluding hydrogens is 278 g/mol. The molecule has 1 amide bonds. The van der Waals surface area contributed by atoms with E-state index in [-0.39, 0.29) is 18.2 Å². The van der Waals surface area contributed by atoms with E-state index >= 15 is 0 Å². The fraction of sp³-hybridized carbons (Fsp3) is 0.429. The van der Waals surface area contributed by atoms with E-state index in [9.17, 15) is 9.59 Å². The van der Waals surface area contributed by atoms with Gasteiger partial charge in [0.1, 0.15) is 5.75 Å². The maximum Gasteiger partial charge on any atom is 0.310 e. The highest BCUT2D eigenvalue weighted by Crippen LogP contribution is 2.21. The highest BCUT2D eigenvalue weighted by atomic mass is 32.2. The molecule has 110 valence electrons. The van der Waals surface area contributed by atoms with Crippen molar-refractivity contribution in [2.45, 2.75) is 18.7 Å². The number of hydrogen-bond acceptors (Lipinski definition) is 4. The maximum atomic E-state index is 11.7. The first-order valence-electron chi connectivity index (χ1n) is 6.12. The van der Waals surface area contributed by atoms with Gasteiger partial charge in [0.05, 0.1) is 18.3 Å². The van der Waals surface area contributed by atoms with E-state index in [1.54, 1.807) is 21.0 Å². The molecule has 0 spiro atoms. The number of hydrogen-bond donors (Lipinski definition) is 2. The zero-order valence-corrected chi connectivity index (χ0v) is 12.6. The maximum absolute atomic E-state index is 11.7. The number of benzene rings is 1. The summed E-state index contributed by atoms with van der Waals surface area (Å²) in [7, 11) is 1.60. The van der Waals surface area contributed by atoms with E-state index in [1.165, 1.54) is 11.8 Å². The number of carboxylic acids is 1. The van der Waals surface area contributed by atoms with E-state index in [0.29, 0.717) is 0 Å². The fourth-order valence-electron chi connectivity index (χ4n) is 1.27. The molecule has 0 saturated carbocycles. The number of rotatable bonds is 7. The molecule has 0 radical (unpaired) electrons. The second-order valence-corrected chi connectivity index (χ2v) is 5.98. The number of amides is 1. The van der Waals surface area contributed by atoms with Crippen molar-refractivity contribution in [3.8, 4) is 5.75 Å². The van der Waals surface area contributed by atoms with Gasteiger partial charge in [-0.25, -0.2) is 0 Å². The van der Waals surface area contributed by atoms with Crippen LogP contribution in [0.5, 0.6) is 5.75 Å². The van der Waals surface area contributed by atoms with Crippen molar-refractivity contribution < 1.29 is 19.4 Å². The second-order valence-electron chi connectivity index (χ2n) is 4.93. The van der Waals surface area contributed by atoms with Crippen LogP contribution in [0.15, 0.2) is 29.2 Å². The van der Waals surface area contributed by atoms with Gasteiger partial charge in [-0.1, -0.05) is 0 Å². The zero-order valence-electron chi connectivity index (χ0n) is 11.8. The Hall–Kier alpha value is -1.69. The third-order valence-electron chi connectivity index (χ3n) is 2.74. The van der Waals surface area contributed by atoms with E-state index in [1.807, 2.05) is 24.3 Å². The number of thioether (sulfide) groups is 1. The zero-order chi connectivity index (χ0) is 15.2. The average molecular weight is 297 g/mol. The summed E-state index contributed by atoms with van der Waals surface area (Å²) in [6, 6.07) is 7.40. The predicted molar refractivity (Wildman–Crippen MR) is 78.1 cm³/mol. The summed E-state index contributed by atoms with van der Waals surface area (Å²) < 4.78 is 5.05. The summed E-state index contributed by atoms with van der Waals surface area (Å²) in [4.78, 5) is 23.5. The SMILES string of the molecule is COc1ccc(SCC(=O)NCC(C)(C)C(=O)O)cc1. The quantitative estimate of drug-likeness (QED) is 0.753. The standard InChI is InChI=1S/C14H19NO4S/c1-14(2,13(17)18)9-15-12(16)8-20-11-6-4-10(19-3)5-7-11/h4-7H,8-9H2,1-3H3,(H,15,16)(H,17,18). The molecule has 0 aliphatic carbocycles. The van der Waals surface area contributed by atoms with Gasteiger partial charge < -0.3 is 15.2 Å². The largest absolute Gasteiger partial charge is 0.497 e. The molecule has 0 aliphatic rings. The van der Waals surface area contributed by atoms with Crippen LogP contribution in [0, 0.1) is 5.41 Å². The van der Waals surface area contributed by atoms with E-state index in [2.05, 4.69) is 5.32 Å². The number of ether oxygens (including phenoxy) is 1. The number of aliphatic carboxylic acids is 1. The average Bonchev–Trinajstić information content (AvgIpc) is 2.43. The molecule has 0 aliphatic heterocycles. The monoisotopic (exact) mass is 297 g/mol. The summed E-state index contributed by atoms with van der Waals surface area (Å²) in [5.41, 5.74) is -0.958. The molecule has 1 aromatic carbocycles. The lowest BCUT2D eigenvalue weighted by molar-refractivity contribution is -0.146. The van der Waals surface area contributed by atoms with Crippen LogP contribution in [-0.4, -0.2) is 36.4 Å². The number of carboxylic acid groups (broad SMARTS) is 1. The number of methoxy groups -OCH3 is 1. The number of nitrogens with one attached hydrogen (secondary N) is 1. The van der Waals surface area contributed by atoms with Gasteiger partial charge in [0.2, 0.25) is 5.91 Å². The Bertz CT molecular complexity index is 471. The molecule has 1 aromatic rings. The van der Waals surface area contributed by atoms with Gasteiger partial charge in [-0.05, 0) is 38.1 Å². The molecule has 0 unspecified atom stereocenters. The molecule has 0 fully saturated rings. The Kier molecular flexibility index (Phi) is 5.88. The van der Waals surface area contributed by atoms with Crippen LogP contribution in [-0.2, 0) is 9.59 Å². The first-order valence-corrected chi connectivity index (χ1v) is 7.10. The van der Waals surface area contributed by atoms with Crippen LogP contribution in [0.4, 0.5) is 0 Å². The molecule has 6 heteroatoms. The molecule has 1 rings (SSSR count). The predicted octanol–water partition coefficient (Wildman–Crippen LogP) is 2.01. The van der Waals surface area contributed by atoms with Gasteiger partial charge in [-0.2, -0.15) is 0 Å². The van der Waals surface area contributed by atoms with Crippen molar-refractivity contribution in [1.29, 1.82) is 0 Å². The topological polar surface area (TPSA) is 75.6 Å². The van der Waals surface area contributed by atoms with Crippen LogP contribution in [0.3, 0.4) is 0 Å². The van der Waals surface area contributed by atoms with Gasteiger partial charge >= 0.3 is 5.97 Å². The van der Waals surface area contributed by atoms with Crippen LogP contribution < -0.4 is 10.1 Å². The van der Waals surface area contributed by atoms with Crippen LogP contribution in [0.2, 0.25) is 0 Å². The van der Waals surface area contributed by atoms with Crippen LogP contribution in [0.1, 0.15) is 13.8 Å². The summed E-state index contributed by atoms with van der Waals surface area (Å²) in [5, 5.41) is 11.6. The summed E-state index contributed by atoms with van der Waals surface area (Å²) in [6.45, 7) is 3.27. The lowest BCUT2D eigenvalue weighted by Gasteiger charge is -2.19. The minimum absolute atomic E-state index is 0.115. The molecular formula is C14H19NO4S. The minimum atomic E-state index is -0.958. The summed E-state index contributed by atoms with van der Waals surface area (Å²) >= 11 is 1.39. The molecule has 0 aromatic heterocycles. The summed E-state index contributed by atoms with van der Waals surface area (Å²) in [6.07, 6.45) is 0. The third kappa shape index (κ3) is 5.13.